The largest absolute Gasteiger partial charge is 0.473 e. The predicted octanol–water partition coefficient (Wildman–Crippen LogP) is 2.60. The van der Waals surface area contributed by atoms with Crippen LogP contribution in [0.1, 0.15) is 44.9 Å². The first-order valence-electron chi connectivity index (χ1n) is 9.43. The quantitative estimate of drug-likeness (QED) is 0.248. The Kier molecular flexibility index (Phi) is 11.2. The van der Waals surface area contributed by atoms with Gasteiger partial charge in [-0.05, 0) is 51.4 Å². The second kappa shape index (κ2) is 13.4. The van der Waals surface area contributed by atoms with Crippen molar-refractivity contribution in [1.29, 1.82) is 0 Å². The summed E-state index contributed by atoms with van der Waals surface area (Å²) >= 11 is 0. The smallest absolute Gasteiger partial charge is 0.414 e. The Labute approximate surface area is 163 Å². The molecule has 0 spiro atoms. The minimum Gasteiger partial charge on any atom is -0.473 e. The van der Waals surface area contributed by atoms with Crippen LogP contribution in [0.25, 0.3) is 0 Å². The molecule has 10 heteroatoms. The number of pyridine rings is 1. The molecule has 0 saturated carbocycles. The molecule has 0 unspecified atom stereocenters. The lowest BCUT2D eigenvalue weighted by atomic mass is 10.1. The van der Waals surface area contributed by atoms with Crippen molar-refractivity contribution in [1.82, 2.24) is 9.88 Å². The van der Waals surface area contributed by atoms with Crippen LogP contribution in [0.4, 0.5) is 11.5 Å². The molecule has 0 atom stereocenters. The fourth-order valence-corrected chi connectivity index (χ4v) is 2.88. The maximum atomic E-state index is 10.9. The molecule has 156 valence electrons. The zero-order valence-corrected chi connectivity index (χ0v) is 15.9. The monoisotopic (exact) mass is 396 g/mol. The molecule has 0 aromatic carbocycles. The molecule has 0 amide bonds. The average molecular weight is 396 g/mol. The predicted molar refractivity (Wildman–Crippen MR) is 103 cm³/mol. The van der Waals surface area contributed by atoms with Crippen LogP contribution in [0.5, 0.6) is 0 Å². The SMILES string of the molecule is O=C(O)C(=O)O.O=[N+]([O-])c1cccnc1NCCCCCCN1CCCCC1. The van der Waals surface area contributed by atoms with E-state index < -0.39 is 16.9 Å². The first-order valence-corrected chi connectivity index (χ1v) is 9.43. The van der Waals surface area contributed by atoms with Gasteiger partial charge in [-0.2, -0.15) is 0 Å². The van der Waals surface area contributed by atoms with E-state index in [0.717, 1.165) is 19.4 Å². The molecule has 1 aromatic rings. The number of aliphatic carboxylic acids is 2. The van der Waals surface area contributed by atoms with E-state index in [2.05, 4.69) is 15.2 Å². The van der Waals surface area contributed by atoms with Crippen molar-refractivity contribution >= 4 is 23.4 Å². The van der Waals surface area contributed by atoms with Gasteiger partial charge in [0.25, 0.3) is 0 Å². The Balaban J connectivity index is 0.000000568. The van der Waals surface area contributed by atoms with E-state index in [1.807, 2.05) is 0 Å². The van der Waals surface area contributed by atoms with Gasteiger partial charge >= 0.3 is 17.6 Å². The number of carboxylic acid groups (broad SMARTS) is 2. The van der Waals surface area contributed by atoms with Crippen LogP contribution in [0.3, 0.4) is 0 Å². The number of carboxylic acids is 2. The van der Waals surface area contributed by atoms with Gasteiger partial charge in [0, 0.05) is 18.8 Å². The van der Waals surface area contributed by atoms with Gasteiger partial charge in [0.1, 0.15) is 0 Å². The molecule has 0 bridgehead atoms. The summed E-state index contributed by atoms with van der Waals surface area (Å²) in [6.07, 6.45) is 10.3. The van der Waals surface area contributed by atoms with Gasteiger partial charge in [-0.1, -0.05) is 19.3 Å². The molecule has 1 aliphatic heterocycles. The van der Waals surface area contributed by atoms with Crippen LogP contribution in [-0.4, -0.2) is 63.1 Å². The summed E-state index contributed by atoms with van der Waals surface area (Å²) in [6.45, 7) is 4.50. The van der Waals surface area contributed by atoms with Crippen LogP contribution < -0.4 is 5.32 Å². The zero-order chi connectivity index (χ0) is 20.8. The third kappa shape index (κ3) is 9.81. The van der Waals surface area contributed by atoms with Gasteiger partial charge in [-0.25, -0.2) is 14.6 Å². The number of likely N-dealkylation sites (tertiary alicyclic amines) is 1. The highest BCUT2D eigenvalue weighted by Gasteiger charge is 2.13. The molecule has 0 radical (unpaired) electrons. The molecule has 1 aliphatic rings. The Morgan fingerprint density at radius 2 is 1.75 bits per heavy atom. The number of unbranched alkanes of at least 4 members (excludes halogenated alkanes) is 3. The van der Waals surface area contributed by atoms with Crippen LogP contribution in [0.15, 0.2) is 18.3 Å². The van der Waals surface area contributed by atoms with Crippen molar-refractivity contribution in [2.45, 2.75) is 44.9 Å². The maximum Gasteiger partial charge on any atom is 0.414 e. The average Bonchev–Trinajstić information content (AvgIpc) is 2.68. The number of aromatic nitrogens is 1. The highest BCUT2D eigenvalue weighted by atomic mass is 16.6. The van der Waals surface area contributed by atoms with Crippen molar-refractivity contribution in [3.8, 4) is 0 Å². The Hall–Kier alpha value is -2.75. The molecule has 0 aliphatic carbocycles. The summed E-state index contributed by atoms with van der Waals surface area (Å²) in [5.41, 5.74) is 0.0487. The molecular formula is C18H28N4O6. The second-order valence-corrected chi connectivity index (χ2v) is 6.48. The molecule has 1 saturated heterocycles. The van der Waals surface area contributed by atoms with Crippen molar-refractivity contribution in [3.05, 3.63) is 28.4 Å². The molecule has 3 N–H and O–H groups in total. The lowest BCUT2D eigenvalue weighted by Crippen LogP contribution is -2.30. The number of anilines is 1. The lowest BCUT2D eigenvalue weighted by Gasteiger charge is -2.26. The first kappa shape index (κ1) is 23.3. The standard InChI is InChI=1S/C16H26N4O2.C2H2O4/c21-20(22)15-9-8-11-18-16(15)17-10-4-1-2-5-12-19-13-6-3-7-14-19;3-1(4)2(5)6/h8-9,11H,1-7,10,12-14H2,(H,17,18);(H,3,4)(H,5,6). The van der Waals surface area contributed by atoms with Crippen molar-refractivity contribution < 1.29 is 24.7 Å². The molecular weight excluding hydrogens is 368 g/mol. The lowest BCUT2D eigenvalue weighted by molar-refractivity contribution is -0.384. The summed E-state index contributed by atoms with van der Waals surface area (Å²) in [6, 6.07) is 3.07. The van der Waals surface area contributed by atoms with Crippen LogP contribution in [0, 0.1) is 10.1 Å². The van der Waals surface area contributed by atoms with E-state index in [-0.39, 0.29) is 5.69 Å². The minimum absolute atomic E-state index is 0.0487. The third-order valence-electron chi connectivity index (χ3n) is 4.31. The van der Waals surface area contributed by atoms with Crippen LogP contribution >= 0.6 is 0 Å². The van der Waals surface area contributed by atoms with Crippen molar-refractivity contribution in [3.63, 3.8) is 0 Å². The third-order valence-corrected chi connectivity index (χ3v) is 4.31. The van der Waals surface area contributed by atoms with E-state index in [1.165, 1.54) is 57.8 Å². The summed E-state index contributed by atoms with van der Waals surface area (Å²) in [7, 11) is 0. The number of piperidine rings is 1. The van der Waals surface area contributed by atoms with Gasteiger partial charge in [-0.15, -0.1) is 0 Å². The Bertz CT molecular complexity index is 622. The molecule has 2 heterocycles. The zero-order valence-electron chi connectivity index (χ0n) is 15.9. The molecule has 1 aromatic heterocycles. The second-order valence-electron chi connectivity index (χ2n) is 6.48. The fourth-order valence-electron chi connectivity index (χ4n) is 2.88. The van der Waals surface area contributed by atoms with Gasteiger partial charge in [0.05, 0.1) is 4.92 Å². The van der Waals surface area contributed by atoms with E-state index >= 15 is 0 Å². The highest BCUT2D eigenvalue weighted by Crippen LogP contribution is 2.20. The number of nitrogens with zero attached hydrogens (tertiary/aromatic N) is 3. The normalized spacial score (nSPS) is 13.9. The molecule has 10 nitrogen and oxygen atoms in total. The first-order chi connectivity index (χ1) is 13.4. The summed E-state index contributed by atoms with van der Waals surface area (Å²) in [4.78, 5) is 35.3. The Morgan fingerprint density at radius 1 is 1.11 bits per heavy atom. The van der Waals surface area contributed by atoms with Crippen LogP contribution in [0.2, 0.25) is 0 Å². The topological polar surface area (TPSA) is 146 Å². The van der Waals surface area contributed by atoms with Gasteiger partial charge in [-0.3, -0.25) is 10.1 Å². The number of hydrogen-bond donors (Lipinski definition) is 3. The minimum atomic E-state index is -1.82. The van der Waals surface area contributed by atoms with Gasteiger partial charge in [0.2, 0.25) is 5.82 Å². The Morgan fingerprint density at radius 3 is 2.36 bits per heavy atom. The van der Waals surface area contributed by atoms with Gasteiger partial charge in [0.15, 0.2) is 0 Å². The summed E-state index contributed by atoms with van der Waals surface area (Å²) in [5, 5.41) is 28.7. The summed E-state index contributed by atoms with van der Waals surface area (Å²) < 4.78 is 0. The highest BCUT2D eigenvalue weighted by molar-refractivity contribution is 6.27. The van der Waals surface area contributed by atoms with Crippen molar-refractivity contribution in [2.75, 3.05) is 31.5 Å². The van der Waals surface area contributed by atoms with Gasteiger partial charge < -0.3 is 20.4 Å². The van der Waals surface area contributed by atoms with E-state index in [4.69, 9.17) is 19.8 Å². The van der Waals surface area contributed by atoms with Crippen LogP contribution in [-0.2, 0) is 9.59 Å². The molecule has 2 rings (SSSR count). The molecule has 28 heavy (non-hydrogen) atoms. The van der Waals surface area contributed by atoms with E-state index in [0.29, 0.717) is 5.82 Å². The van der Waals surface area contributed by atoms with E-state index in [1.54, 1.807) is 12.3 Å². The fraction of sp³-hybridized carbons (Fsp3) is 0.611. The number of nitrogens with one attached hydrogen (secondary N) is 1. The molecule has 1 fully saturated rings. The number of carbonyl (C=O) groups is 2. The maximum absolute atomic E-state index is 10.9. The number of nitro groups is 1. The van der Waals surface area contributed by atoms with E-state index in [9.17, 15) is 10.1 Å². The van der Waals surface area contributed by atoms with Crippen molar-refractivity contribution in [2.24, 2.45) is 0 Å². The number of hydrogen-bond acceptors (Lipinski definition) is 7. The summed E-state index contributed by atoms with van der Waals surface area (Å²) in [5.74, 6) is -3.27. The number of rotatable bonds is 9.